The van der Waals surface area contributed by atoms with Crippen LogP contribution in [0.15, 0.2) is 0 Å². The van der Waals surface area contributed by atoms with E-state index in [2.05, 4.69) is 13.1 Å². The molecule has 152 valence electrons. The maximum absolute atomic E-state index is 11.3. The summed E-state index contributed by atoms with van der Waals surface area (Å²) in [5.74, 6) is 0. The molecule has 0 saturated carbocycles. The second kappa shape index (κ2) is 12.6. The molecule has 0 aromatic carbocycles. The van der Waals surface area contributed by atoms with Crippen LogP contribution in [0.1, 0.15) is 0 Å². The normalized spacial score (nSPS) is 17.2. The van der Waals surface area contributed by atoms with Gasteiger partial charge in [-0.3, -0.25) is 4.52 Å². The fourth-order valence-electron chi connectivity index (χ4n) is 1.12. The van der Waals surface area contributed by atoms with Gasteiger partial charge in [0, 0.05) is 0 Å². The molecule has 0 aliphatic carbocycles. The topological polar surface area (TPSA) is 208 Å². The number of rotatable bonds is 16. The van der Waals surface area contributed by atoms with Crippen LogP contribution in [0.3, 0.4) is 0 Å². The molecule has 0 aliphatic rings. The SMILES string of the molecule is O=P(O)(O)OP(=O)(O)OP(=O)(O)OCCOCCOCCOCCO. The Morgan fingerprint density at radius 3 is 1.48 bits per heavy atom. The highest BCUT2D eigenvalue weighted by Crippen LogP contribution is 2.66. The first-order chi connectivity index (χ1) is 11.5. The zero-order valence-electron chi connectivity index (χ0n) is 12.9. The van der Waals surface area contributed by atoms with Gasteiger partial charge in [0.15, 0.2) is 0 Å². The van der Waals surface area contributed by atoms with E-state index in [9.17, 15) is 13.7 Å². The molecule has 0 spiro atoms. The van der Waals surface area contributed by atoms with Crippen LogP contribution in [0, 0.1) is 0 Å². The zero-order chi connectivity index (χ0) is 19.4. The maximum Gasteiger partial charge on any atom is 0.490 e. The molecule has 0 heterocycles. The molecule has 0 aliphatic heterocycles. The van der Waals surface area contributed by atoms with E-state index < -0.39 is 30.1 Å². The second-order valence-corrected chi connectivity index (χ2v) is 8.40. The van der Waals surface area contributed by atoms with Gasteiger partial charge in [-0.05, 0) is 0 Å². The van der Waals surface area contributed by atoms with Crippen LogP contribution >= 0.6 is 23.5 Å². The van der Waals surface area contributed by atoms with Gasteiger partial charge in [0.25, 0.3) is 0 Å². The van der Waals surface area contributed by atoms with E-state index >= 15 is 0 Å². The number of hydrogen-bond acceptors (Lipinski definition) is 10. The Kier molecular flexibility index (Phi) is 12.7. The number of ether oxygens (including phenoxy) is 3. The summed E-state index contributed by atoms with van der Waals surface area (Å²) in [6.45, 7) is 0.283. The summed E-state index contributed by atoms with van der Waals surface area (Å²) in [6.07, 6.45) is 0. The third-order valence-electron chi connectivity index (χ3n) is 1.88. The summed E-state index contributed by atoms with van der Waals surface area (Å²) in [7, 11) is -16.0. The van der Waals surface area contributed by atoms with Crippen molar-refractivity contribution < 1.29 is 65.7 Å². The lowest BCUT2D eigenvalue weighted by atomic mass is 10.7. The minimum absolute atomic E-state index is 0.0846. The van der Waals surface area contributed by atoms with E-state index in [-0.39, 0.29) is 39.6 Å². The third kappa shape index (κ3) is 17.4. The van der Waals surface area contributed by atoms with E-state index in [4.69, 9.17) is 38.9 Å². The Morgan fingerprint density at radius 1 is 0.600 bits per heavy atom. The molecule has 0 aromatic heterocycles. The Hall–Kier alpha value is 0.250. The molecule has 0 rings (SSSR count). The minimum Gasteiger partial charge on any atom is -0.394 e. The maximum atomic E-state index is 11.3. The molecule has 2 unspecified atom stereocenters. The average Bonchev–Trinajstić information content (AvgIpc) is 2.40. The molecule has 5 N–H and O–H groups in total. The van der Waals surface area contributed by atoms with Gasteiger partial charge in [0.05, 0.1) is 52.9 Å². The average molecular weight is 434 g/mol. The van der Waals surface area contributed by atoms with E-state index in [0.717, 1.165) is 0 Å². The van der Waals surface area contributed by atoms with Gasteiger partial charge >= 0.3 is 23.5 Å². The van der Waals surface area contributed by atoms with E-state index in [1.165, 1.54) is 0 Å². The Labute approximate surface area is 143 Å². The smallest absolute Gasteiger partial charge is 0.394 e. The van der Waals surface area contributed by atoms with Crippen LogP contribution in [-0.4, -0.2) is 77.5 Å². The van der Waals surface area contributed by atoms with Crippen LogP contribution < -0.4 is 0 Å². The standard InChI is InChI=1S/C8H21O14P3/c9-1-2-17-3-4-18-5-6-19-7-8-20-24(13,14)22-25(15,16)21-23(10,11)12/h9H,1-8H2,(H,13,14)(H,15,16)(H2,10,11,12). The lowest BCUT2D eigenvalue weighted by Crippen LogP contribution is -2.12. The monoisotopic (exact) mass is 434 g/mol. The molecule has 17 heteroatoms. The highest BCUT2D eigenvalue weighted by Gasteiger charge is 2.40. The fourth-order valence-corrected chi connectivity index (χ4v) is 4.12. The first kappa shape index (κ1) is 25.2. The number of aliphatic hydroxyl groups is 1. The molecular formula is C8H21O14P3. The molecule has 0 bridgehead atoms. The van der Waals surface area contributed by atoms with Crippen molar-refractivity contribution in [2.45, 2.75) is 0 Å². The lowest BCUT2D eigenvalue weighted by molar-refractivity contribution is 0.00222. The highest BCUT2D eigenvalue weighted by molar-refractivity contribution is 7.66. The predicted octanol–water partition coefficient (Wildman–Crippen LogP) is -0.628. The van der Waals surface area contributed by atoms with Gasteiger partial charge in [-0.15, -0.1) is 0 Å². The van der Waals surface area contributed by atoms with Gasteiger partial charge in [0.2, 0.25) is 0 Å². The summed E-state index contributed by atoms with van der Waals surface area (Å²) in [5, 5.41) is 8.44. The van der Waals surface area contributed by atoms with Crippen molar-refractivity contribution in [1.82, 2.24) is 0 Å². The van der Waals surface area contributed by atoms with Crippen LogP contribution in [0.4, 0.5) is 0 Å². The summed E-state index contributed by atoms with van der Waals surface area (Å²) in [5.41, 5.74) is 0. The summed E-state index contributed by atoms with van der Waals surface area (Å²) in [6, 6.07) is 0. The van der Waals surface area contributed by atoms with Crippen molar-refractivity contribution in [2.24, 2.45) is 0 Å². The molecule has 2 atom stereocenters. The van der Waals surface area contributed by atoms with Crippen molar-refractivity contribution in [3.8, 4) is 0 Å². The van der Waals surface area contributed by atoms with Crippen molar-refractivity contribution in [3.63, 3.8) is 0 Å². The lowest BCUT2D eigenvalue weighted by Gasteiger charge is -2.16. The van der Waals surface area contributed by atoms with Crippen molar-refractivity contribution in [2.75, 3.05) is 52.9 Å². The molecule has 0 fully saturated rings. The minimum atomic E-state index is -5.51. The molecular weight excluding hydrogens is 413 g/mol. The van der Waals surface area contributed by atoms with Crippen LogP contribution in [0.2, 0.25) is 0 Å². The summed E-state index contributed by atoms with van der Waals surface area (Å²) < 4.78 is 59.0. The van der Waals surface area contributed by atoms with Gasteiger partial charge < -0.3 is 38.9 Å². The molecule has 0 aromatic rings. The second-order valence-electron chi connectivity index (χ2n) is 3.98. The number of phosphoric acid groups is 3. The van der Waals surface area contributed by atoms with E-state index in [0.29, 0.717) is 6.61 Å². The fraction of sp³-hybridized carbons (Fsp3) is 1.00. The van der Waals surface area contributed by atoms with E-state index in [1.807, 2.05) is 0 Å². The first-order valence-corrected chi connectivity index (χ1v) is 11.1. The number of hydrogen-bond donors (Lipinski definition) is 5. The number of aliphatic hydroxyl groups excluding tert-OH is 1. The molecule has 0 radical (unpaired) electrons. The Bertz CT molecular complexity index is 490. The van der Waals surface area contributed by atoms with Crippen LogP contribution in [-0.2, 0) is 41.1 Å². The molecule has 25 heavy (non-hydrogen) atoms. The van der Waals surface area contributed by atoms with Crippen molar-refractivity contribution in [3.05, 3.63) is 0 Å². The van der Waals surface area contributed by atoms with Gasteiger partial charge in [0.1, 0.15) is 0 Å². The van der Waals surface area contributed by atoms with Crippen molar-refractivity contribution >= 4 is 23.5 Å². The first-order valence-electron chi connectivity index (χ1n) is 6.60. The van der Waals surface area contributed by atoms with Crippen molar-refractivity contribution in [1.29, 1.82) is 0 Å². The predicted molar refractivity (Wildman–Crippen MR) is 79.4 cm³/mol. The molecule has 0 amide bonds. The summed E-state index contributed by atoms with van der Waals surface area (Å²) >= 11 is 0. The largest absolute Gasteiger partial charge is 0.490 e. The highest BCUT2D eigenvalue weighted by atomic mass is 31.3. The van der Waals surface area contributed by atoms with Gasteiger partial charge in [-0.1, -0.05) is 0 Å². The quantitative estimate of drug-likeness (QED) is 0.151. The number of phosphoric ester groups is 1. The van der Waals surface area contributed by atoms with Gasteiger partial charge in [-0.25, -0.2) is 13.7 Å². The Balaban J connectivity index is 3.77. The zero-order valence-corrected chi connectivity index (χ0v) is 15.6. The van der Waals surface area contributed by atoms with Gasteiger partial charge in [-0.2, -0.15) is 8.62 Å². The molecule has 14 nitrogen and oxygen atoms in total. The molecule has 0 saturated heterocycles. The van der Waals surface area contributed by atoms with Crippen LogP contribution in [0.5, 0.6) is 0 Å². The Morgan fingerprint density at radius 2 is 1.04 bits per heavy atom. The summed E-state index contributed by atoms with van der Waals surface area (Å²) in [4.78, 5) is 34.7. The van der Waals surface area contributed by atoms with Crippen LogP contribution in [0.25, 0.3) is 0 Å². The third-order valence-corrected chi connectivity index (χ3v) is 5.71. The van der Waals surface area contributed by atoms with E-state index in [1.54, 1.807) is 0 Å².